The van der Waals surface area contributed by atoms with Gasteiger partial charge in [-0.2, -0.15) is 0 Å². The van der Waals surface area contributed by atoms with E-state index in [-0.39, 0.29) is 16.6 Å². The molecular formula is C7H4FN3O. The van der Waals surface area contributed by atoms with Crippen LogP contribution in [0.1, 0.15) is 0 Å². The predicted molar refractivity (Wildman–Crippen MR) is 40.1 cm³/mol. The van der Waals surface area contributed by atoms with Gasteiger partial charge in [0.1, 0.15) is 5.82 Å². The van der Waals surface area contributed by atoms with Gasteiger partial charge in [-0.25, -0.2) is 14.4 Å². The second-order valence-electron chi connectivity index (χ2n) is 2.26. The molecule has 0 aliphatic heterocycles. The first kappa shape index (κ1) is 6.90. The second kappa shape index (κ2) is 2.37. The van der Waals surface area contributed by atoms with Crippen molar-refractivity contribution >= 4 is 11.0 Å². The third-order valence-corrected chi connectivity index (χ3v) is 1.46. The molecule has 0 saturated heterocycles. The number of nitrogens with one attached hydrogen (secondary N) is 1. The summed E-state index contributed by atoms with van der Waals surface area (Å²) in [4.78, 5) is 20.7. The number of rotatable bonds is 0. The molecule has 2 aromatic rings. The summed E-state index contributed by atoms with van der Waals surface area (Å²) < 4.78 is 12.6. The summed E-state index contributed by atoms with van der Waals surface area (Å²) >= 11 is 0. The maximum atomic E-state index is 12.6. The first-order valence-electron chi connectivity index (χ1n) is 3.26. The zero-order chi connectivity index (χ0) is 8.55. The molecule has 2 heterocycles. The minimum Gasteiger partial charge on any atom is -0.313 e. The number of aromatic amines is 1. The van der Waals surface area contributed by atoms with Gasteiger partial charge in [0.15, 0.2) is 5.65 Å². The molecule has 0 spiro atoms. The molecule has 0 saturated carbocycles. The van der Waals surface area contributed by atoms with Crippen LogP contribution in [0.2, 0.25) is 0 Å². The van der Waals surface area contributed by atoms with Gasteiger partial charge in [-0.15, -0.1) is 0 Å². The first-order chi connectivity index (χ1) is 5.77. The lowest BCUT2D eigenvalue weighted by atomic mass is 10.3. The summed E-state index contributed by atoms with van der Waals surface area (Å²) in [5.74, 6) is -0.541. The zero-order valence-corrected chi connectivity index (χ0v) is 5.91. The highest BCUT2D eigenvalue weighted by atomic mass is 19.1. The highest BCUT2D eigenvalue weighted by molar-refractivity contribution is 5.72. The van der Waals surface area contributed by atoms with E-state index < -0.39 is 5.82 Å². The van der Waals surface area contributed by atoms with Crippen molar-refractivity contribution in [3.63, 3.8) is 0 Å². The molecule has 0 atom stereocenters. The van der Waals surface area contributed by atoms with Crippen LogP contribution in [-0.2, 0) is 0 Å². The monoisotopic (exact) mass is 165 g/mol. The highest BCUT2D eigenvalue weighted by Gasteiger charge is 2.00. The van der Waals surface area contributed by atoms with E-state index in [0.29, 0.717) is 0 Å². The fourth-order valence-electron chi connectivity index (χ4n) is 0.932. The zero-order valence-electron chi connectivity index (χ0n) is 5.91. The molecule has 0 fully saturated rings. The standard InChI is InChI=1S/C7H4FN3O/c8-4-1-5-6(9-2-4)10-3-11-7(5)12/h1-3H,(H,9,10,11,12). The summed E-state index contributed by atoms with van der Waals surface area (Å²) in [6, 6.07) is 1.11. The van der Waals surface area contributed by atoms with Gasteiger partial charge in [0.25, 0.3) is 5.56 Å². The molecule has 5 heteroatoms. The molecular weight excluding hydrogens is 161 g/mol. The van der Waals surface area contributed by atoms with Gasteiger partial charge in [-0.05, 0) is 6.07 Å². The van der Waals surface area contributed by atoms with Gasteiger partial charge in [-0.3, -0.25) is 4.79 Å². The summed E-state index contributed by atoms with van der Waals surface area (Å²) in [5.41, 5.74) is -0.132. The van der Waals surface area contributed by atoms with Gasteiger partial charge in [-0.1, -0.05) is 0 Å². The van der Waals surface area contributed by atoms with Crippen molar-refractivity contribution < 1.29 is 4.39 Å². The van der Waals surface area contributed by atoms with Crippen LogP contribution in [0.25, 0.3) is 11.0 Å². The highest BCUT2D eigenvalue weighted by Crippen LogP contribution is 2.03. The third kappa shape index (κ3) is 0.952. The lowest BCUT2D eigenvalue weighted by Crippen LogP contribution is -2.07. The smallest absolute Gasteiger partial charge is 0.260 e. The second-order valence-corrected chi connectivity index (χ2v) is 2.26. The molecule has 0 radical (unpaired) electrons. The fourth-order valence-corrected chi connectivity index (χ4v) is 0.932. The van der Waals surface area contributed by atoms with Crippen molar-refractivity contribution in [1.29, 1.82) is 0 Å². The Balaban J connectivity index is 2.98. The van der Waals surface area contributed by atoms with Crippen LogP contribution in [0.3, 0.4) is 0 Å². The number of H-pyrrole nitrogens is 1. The van der Waals surface area contributed by atoms with Crippen LogP contribution in [0.15, 0.2) is 23.4 Å². The molecule has 60 valence electrons. The number of hydrogen-bond donors (Lipinski definition) is 1. The lowest BCUT2D eigenvalue weighted by Gasteiger charge is -1.92. The maximum absolute atomic E-state index is 12.6. The van der Waals surface area contributed by atoms with E-state index in [1.165, 1.54) is 6.33 Å². The van der Waals surface area contributed by atoms with Crippen molar-refractivity contribution in [3.8, 4) is 0 Å². The Labute approximate surface area is 66.1 Å². The SMILES string of the molecule is O=c1[nH]cnc2ncc(F)cc12. The Morgan fingerprint density at radius 1 is 1.42 bits per heavy atom. The molecule has 1 N–H and O–H groups in total. The predicted octanol–water partition coefficient (Wildman–Crippen LogP) is 0.457. The minimum atomic E-state index is -0.541. The summed E-state index contributed by atoms with van der Waals surface area (Å²) in [6.07, 6.45) is 2.25. The maximum Gasteiger partial charge on any atom is 0.260 e. The number of halogens is 1. The third-order valence-electron chi connectivity index (χ3n) is 1.46. The van der Waals surface area contributed by atoms with E-state index in [1.54, 1.807) is 0 Å². The Morgan fingerprint density at radius 2 is 2.25 bits per heavy atom. The van der Waals surface area contributed by atoms with Crippen LogP contribution < -0.4 is 5.56 Å². The molecule has 0 bridgehead atoms. The van der Waals surface area contributed by atoms with Crippen LogP contribution in [0, 0.1) is 5.82 Å². The quantitative estimate of drug-likeness (QED) is 0.616. The van der Waals surface area contributed by atoms with E-state index in [0.717, 1.165) is 12.3 Å². The number of pyridine rings is 1. The summed E-state index contributed by atoms with van der Waals surface area (Å²) in [7, 11) is 0. The molecule has 12 heavy (non-hydrogen) atoms. The van der Waals surface area contributed by atoms with Crippen molar-refractivity contribution in [1.82, 2.24) is 15.0 Å². The van der Waals surface area contributed by atoms with Crippen LogP contribution in [-0.4, -0.2) is 15.0 Å². The van der Waals surface area contributed by atoms with Gasteiger partial charge < -0.3 is 4.98 Å². The van der Waals surface area contributed by atoms with Crippen molar-refractivity contribution in [3.05, 3.63) is 34.8 Å². The molecule has 0 unspecified atom stereocenters. The molecule has 0 aromatic carbocycles. The Kier molecular flexibility index (Phi) is 1.36. The van der Waals surface area contributed by atoms with Gasteiger partial charge >= 0.3 is 0 Å². The molecule has 0 amide bonds. The van der Waals surface area contributed by atoms with Crippen molar-refractivity contribution in [2.45, 2.75) is 0 Å². The first-order valence-corrected chi connectivity index (χ1v) is 3.26. The fraction of sp³-hybridized carbons (Fsp3) is 0. The Morgan fingerprint density at radius 3 is 3.08 bits per heavy atom. The number of fused-ring (bicyclic) bond motifs is 1. The number of nitrogens with zero attached hydrogens (tertiary/aromatic N) is 2. The van der Waals surface area contributed by atoms with E-state index in [4.69, 9.17) is 0 Å². The number of hydrogen-bond acceptors (Lipinski definition) is 3. The largest absolute Gasteiger partial charge is 0.313 e. The molecule has 0 aliphatic rings. The Hall–Kier alpha value is -1.78. The van der Waals surface area contributed by atoms with E-state index in [2.05, 4.69) is 15.0 Å². The van der Waals surface area contributed by atoms with E-state index >= 15 is 0 Å². The topological polar surface area (TPSA) is 58.6 Å². The van der Waals surface area contributed by atoms with E-state index in [9.17, 15) is 9.18 Å². The minimum absolute atomic E-state index is 0.164. The normalized spacial score (nSPS) is 10.4. The molecule has 0 aliphatic carbocycles. The van der Waals surface area contributed by atoms with Gasteiger partial charge in [0.05, 0.1) is 17.9 Å². The van der Waals surface area contributed by atoms with Crippen molar-refractivity contribution in [2.75, 3.05) is 0 Å². The number of aromatic nitrogens is 3. The Bertz CT molecular complexity index is 479. The molecule has 2 rings (SSSR count). The van der Waals surface area contributed by atoms with Crippen LogP contribution >= 0.6 is 0 Å². The average Bonchev–Trinajstić information content (AvgIpc) is 2.07. The summed E-state index contributed by atoms with van der Waals surface area (Å²) in [5, 5.41) is 0.164. The summed E-state index contributed by atoms with van der Waals surface area (Å²) in [6.45, 7) is 0. The average molecular weight is 165 g/mol. The van der Waals surface area contributed by atoms with Gasteiger partial charge in [0, 0.05) is 0 Å². The lowest BCUT2D eigenvalue weighted by molar-refractivity contribution is 0.623. The van der Waals surface area contributed by atoms with Crippen LogP contribution in [0.4, 0.5) is 4.39 Å². The van der Waals surface area contributed by atoms with Crippen molar-refractivity contribution in [2.24, 2.45) is 0 Å². The molecule has 4 nitrogen and oxygen atoms in total. The van der Waals surface area contributed by atoms with Crippen LogP contribution in [0.5, 0.6) is 0 Å². The van der Waals surface area contributed by atoms with Gasteiger partial charge in [0.2, 0.25) is 0 Å². The van der Waals surface area contributed by atoms with E-state index in [1.807, 2.05) is 0 Å². The molecule has 2 aromatic heterocycles.